The largest absolute Gasteiger partial charge is 0.459 e. The first-order valence-electron chi connectivity index (χ1n) is 6.73. The van der Waals surface area contributed by atoms with E-state index in [0.29, 0.717) is 11.4 Å². The summed E-state index contributed by atoms with van der Waals surface area (Å²) >= 11 is 0. The van der Waals surface area contributed by atoms with Gasteiger partial charge in [-0.25, -0.2) is 0 Å². The number of nitrogens with two attached hydrogens (primary N) is 1. The summed E-state index contributed by atoms with van der Waals surface area (Å²) in [7, 11) is 0. The standard InChI is InChI=1S/C15H17N3O2/c16-11-5-6-13(18-7-1-2-8-18)12(10-11)17-15(19)14-4-3-9-20-14/h3-6,9-10H,1-2,7-8,16H2,(H,17,19). The highest BCUT2D eigenvalue weighted by Crippen LogP contribution is 2.31. The number of rotatable bonds is 3. The number of furan rings is 1. The van der Waals surface area contributed by atoms with Crippen LogP contribution in [-0.2, 0) is 0 Å². The lowest BCUT2D eigenvalue weighted by Gasteiger charge is -2.21. The second kappa shape index (κ2) is 5.28. The number of benzene rings is 1. The minimum absolute atomic E-state index is 0.263. The van der Waals surface area contributed by atoms with Gasteiger partial charge in [-0.15, -0.1) is 0 Å². The van der Waals surface area contributed by atoms with Crippen molar-refractivity contribution in [1.82, 2.24) is 0 Å². The van der Waals surface area contributed by atoms with Crippen molar-refractivity contribution in [1.29, 1.82) is 0 Å². The molecule has 5 nitrogen and oxygen atoms in total. The molecule has 0 bridgehead atoms. The summed E-state index contributed by atoms with van der Waals surface area (Å²) < 4.78 is 5.11. The zero-order valence-corrected chi connectivity index (χ0v) is 11.1. The lowest BCUT2D eigenvalue weighted by molar-refractivity contribution is 0.0996. The molecule has 3 rings (SSSR count). The Kier molecular flexibility index (Phi) is 3.33. The van der Waals surface area contributed by atoms with Crippen molar-refractivity contribution in [3.8, 4) is 0 Å². The summed E-state index contributed by atoms with van der Waals surface area (Å²) in [5, 5.41) is 2.88. The van der Waals surface area contributed by atoms with Crippen LogP contribution in [0.15, 0.2) is 41.0 Å². The van der Waals surface area contributed by atoms with Crippen molar-refractivity contribution in [3.05, 3.63) is 42.4 Å². The Morgan fingerprint density at radius 3 is 2.75 bits per heavy atom. The number of nitrogens with one attached hydrogen (secondary N) is 1. The van der Waals surface area contributed by atoms with Crippen LogP contribution in [0.1, 0.15) is 23.4 Å². The number of carbonyl (C=O) groups is 1. The van der Waals surface area contributed by atoms with Gasteiger partial charge in [-0.2, -0.15) is 0 Å². The third kappa shape index (κ3) is 2.47. The van der Waals surface area contributed by atoms with Crippen molar-refractivity contribution >= 4 is 23.0 Å². The summed E-state index contributed by atoms with van der Waals surface area (Å²) in [6, 6.07) is 8.93. The average molecular weight is 271 g/mol. The molecule has 0 radical (unpaired) electrons. The molecule has 104 valence electrons. The average Bonchev–Trinajstić information content (AvgIpc) is 3.12. The molecule has 2 heterocycles. The van der Waals surface area contributed by atoms with Gasteiger partial charge in [0.2, 0.25) is 0 Å². The fourth-order valence-electron chi connectivity index (χ4n) is 2.48. The molecule has 5 heteroatoms. The molecular weight excluding hydrogens is 254 g/mol. The zero-order chi connectivity index (χ0) is 13.9. The molecule has 1 aliphatic rings. The van der Waals surface area contributed by atoms with Crippen molar-refractivity contribution in [3.63, 3.8) is 0 Å². The lowest BCUT2D eigenvalue weighted by Crippen LogP contribution is -2.21. The van der Waals surface area contributed by atoms with E-state index in [9.17, 15) is 4.79 Å². The van der Waals surface area contributed by atoms with Gasteiger partial charge >= 0.3 is 0 Å². The highest BCUT2D eigenvalue weighted by atomic mass is 16.3. The maximum Gasteiger partial charge on any atom is 0.291 e. The fraction of sp³-hybridized carbons (Fsp3) is 0.267. The Hall–Kier alpha value is -2.43. The van der Waals surface area contributed by atoms with E-state index >= 15 is 0 Å². The first-order valence-corrected chi connectivity index (χ1v) is 6.73. The molecule has 1 amide bonds. The molecule has 0 unspecified atom stereocenters. The molecule has 0 spiro atoms. The maximum absolute atomic E-state index is 12.1. The molecule has 0 atom stereocenters. The molecule has 1 fully saturated rings. The number of amides is 1. The van der Waals surface area contributed by atoms with Gasteiger partial charge in [0.1, 0.15) is 0 Å². The predicted molar refractivity (Wildman–Crippen MR) is 79.0 cm³/mol. The van der Waals surface area contributed by atoms with Crippen LogP contribution in [0.4, 0.5) is 17.1 Å². The van der Waals surface area contributed by atoms with Gasteiger partial charge in [-0.05, 0) is 43.2 Å². The topological polar surface area (TPSA) is 71.5 Å². The fourth-order valence-corrected chi connectivity index (χ4v) is 2.48. The number of nitrogen functional groups attached to an aromatic ring is 1. The lowest BCUT2D eigenvalue weighted by atomic mass is 10.2. The Morgan fingerprint density at radius 2 is 2.05 bits per heavy atom. The third-order valence-corrected chi connectivity index (χ3v) is 3.46. The van der Waals surface area contributed by atoms with E-state index in [4.69, 9.17) is 10.2 Å². The molecule has 1 aliphatic heterocycles. The SMILES string of the molecule is Nc1ccc(N2CCCC2)c(NC(=O)c2ccco2)c1. The Bertz CT molecular complexity index is 602. The van der Waals surface area contributed by atoms with Gasteiger partial charge in [0.15, 0.2) is 5.76 Å². The van der Waals surface area contributed by atoms with Crippen molar-refractivity contribution in [2.24, 2.45) is 0 Å². The van der Waals surface area contributed by atoms with Gasteiger partial charge in [0, 0.05) is 18.8 Å². The molecule has 0 aliphatic carbocycles. The molecule has 3 N–H and O–H groups in total. The smallest absolute Gasteiger partial charge is 0.291 e. The molecule has 1 aromatic heterocycles. The molecule has 2 aromatic rings. The van der Waals surface area contributed by atoms with E-state index in [-0.39, 0.29) is 5.91 Å². The Morgan fingerprint density at radius 1 is 1.25 bits per heavy atom. The van der Waals surface area contributed by atoms with Crippen LogP contribution in [0.2, 0.25) is 0 Å². The minimum atomic E-state index is -0.263. The summed E-state index contributed by atoms with van der Waals surface area (Å²) in [6.45, 7) is 2.01. The summed E-state index contributed by atoms with van der Waals surface area (Å²) in [6.07, 6.45) is 3.83. The van der Waals surface area contributed by atoms with E-state index in [1.54, 1.807) is 18.2 Å². The maximum atomic E-state index is 12.1. The van der Waals surface area contributed by atoms with Crippen LogP contribution >= 0.6 is 0 Å². The minimum Gasteiger partial charge on any atom is -0.459 e. The third-order valence-electron chi connectivity index (χ3n) is 3.46. The highest BCUT2D eigenvalue weighted by Gasteiger charge is 2.18. The highest BCUT2D eigenvalue weighted by molar-refractivity contribution is 6.04. The first kappa shape index (κ1) is 12.6. The van der Waals surface area contributed by atoms with Crippen molar-refractivity contribution in [2.75, 3.05) is 29.0 Å². The summed E-state index contributed by atoms with van der Waals surface area (Å²) in [4.78, 5) is 14.4. The number of carbonyl (C=O) groups excluding carboxylic acids is 1. The van der Waals surface area contributed by atoms with Crippen LogP contribution in [0, 0.1) is 0 Å². The Balaban J connectivity index is 1.87. The zero-order valence-electron chi connectivity index (χ0n) is 11.1. The normalized spacial score (nSPS) is 14.5. The van der Waals surface area contributed by atoms with Crippen LogP contribution in [0.25, 0.3) is 0 Å². The quantitative estimate of drug-likeness (QED) is 0.842. The van der Waals surface area contributed by atoms with Gasteiger partial charge < -0.3 is 20.4 Å². The molecule has 1 aromatic carbocycles. The van der Waals surface area contributed by atoms with Gasteiger partial charge in [-0.1, -0.05) is 0 Å². The van der Waals surface area contributed by atoms with Gasteiger partial charge in [-0.3, -0.25) is 4.79 Å². The van der Waals surface area contributed by atoms with Crippen LogP contribution < -0.4 is 16.0 Å². The Labute approximate surface area is 117 Å². The van der Waals surface area contributed by atoms with Crippen molar-refractivity contribution < 1.29 is 9.21 Å². The number of nitrogens with zero attached hydrogens (tertiary/aromatic N) is 1. The molecule has 0 saturated carbocycles. The number of anilines is 3. The van der Waals surface area contributed by atoms with Gasteiger partial charge in [0.05, 0.1) is 17.6 Å². The first-order chi connectivity index (χ1) is 9.74. The molecular formula is C15H17N3O2. The summed E-state index contributed by atoms with van der Waals surface area (Å²) in [5.41, 5.74) is 8.20. The van der Waals surface area contributed by atoms with Crippen LogP contribution in [0.5, 0.6) is 0 Å². The monoisotopic (exact) mass is 271 g/mol. The van der Waals surface area contributed by atoms with E-state index in [2.05, 4.69) is 10.2 Å². The summed E-state index contributed by atoms with van der Waals surface area (Å²) in [5.74, 6) is 0.0286. The van der Waals surface area contributed by atoms with E-state index in [1.165, 1.54) is 19.1 Å². The second-order valence-electron chi connectivity index (χ2n) is 4.90. The van der Waals surface area contributed by atoms with Crippen LogP contribution in [0.3, 0.4) is 0 Å². The number of hydrogen-bond acceptors (Lipinski definition) is 4. The molecule has 20 heavy (non-hydrogen) atoms. The van der Waals surface area contributed by atoms with E-state index < -0.39 is 0 Å². The van der Waals surface area contributed by atoms with Gasteiger partial charge in [0.25, 0.3) is 5.91 Å². The van der Waals surface area contributed by atoms with E-state index in [1.807, 2.05) is 12.1 Å². The molecule has 1 saturated heterocycles. The number of hydrogen-bond donors (Lipinski definition) is 2. The van der Waals surface area contributed by atoms with E-state index in [0.717, 1.165) is 24.5 Å². The van der Waals surface area contributed by atoms with Crippen LogP contribution in [-0.4, -0.2) is 19.0 Å². The predicted octanol–water partition coefficient (Wildman–Crippen LogP) is 2.71. The van der Waals surface area contributed by atoms with Crippen molar-refractivity contribution in [2.45, 2.75) is 12.8 Å². The second-order valence-corrected chi connectivity index (χ2v) is 4.90.